The van der Waals surface area contributed by atoms with Crippen molar-refractivity contribution in [3.05, 3.63) is 51.7 Å². The quantitative estimate of drug-likeness (QED) is 0.745. The first-order chi connectivity index (χ1) is 12.1. The molecular formula is C20H29N3O2. The molecule has 0 amide bonds. The number of nitrogens with zero attached hydrogens (tertiary/aromatic N) is 3. The summed E-state index contributed by atoms with van der Waals surface area (Å²) in [6, 6.07) is 1.70. The zero-order chi connectivity index (χ0) is 17.6. The normalized spacial score (nSPS) is 21.2. The third kappa shape index (κ3) is 4.82. The van der Waals surface area contributed by atoms with Crippen LogP contribution in [0.3, 0.4) is 0 Å². The molecule has 2 heterocycles. The lowest BCUT2D eigenvalue weighted by molar-refractivity contribution is 0.175. The Morgan fingerprint density at radius 3 is 2.80 bits per heavy atom. The summed E-state index contributed by atoms with van der Waals surface area (Å²) in [5.41, 5.74) is 1.87. The van der Waals surface area contributed by atoms with Crippen LogP contribution in [0.25, 0.3) is 0 Å². The summed E-state index contributed by atoms with van der Waals surface area (Å²) in [5.74, 6) is 1.16. The van der Waals surface area contributed by atoms with Gasteiger partial charge in [-0.15, -0.1) is 0 Å². The Hall–Kier alpha value is -1.88. The first-order valence-corrected chi connectivity index (χ1v) is 9.42. The lowest BCUT2D eigenvalue weighted by Crippen LogP contribution is -2.31. The van der Waals surface area contributed by atoms with E-state index in [2.05, 4.69) is 22.2 Å². The number of ether oxygens (including phenoxy) is 1. The molecule has 1 saturated heterocycles. The second kappa shape index (κ2) is 8.48. The molecule has 0 bridgehead atoms. The fraction of sp³-hybridized carbons (Fsp3) is 0.600. The third-order valence-electron chi connectivity index (χ3n) is 5.12. The molecule has 2 aliphatic rings. The average Bonchev–Trinajstić information content (AvgIpc) is 2.63. The van der Waals surface area contributed by atoms with Gasteiger partial charge in [-0.25, -0.2) is 4.68 Å². The van der Waals surface area contributed by atoms with Gasteiger partial charge in [-0.1, -0.05) is 12.5 Å². The lowest BCUT2D eigenvalue weighted by atomic mass is 9.91. The molecule has 0 spiro atoms. The first kappa shape index (κ1) is 17.9. The average molecular weight is 343 g/mol. The van der Waals surface area contributed by atoms with Crippen molar-refractivity contribution in [2.45, 2.75) is 44.9 Å². The lowest BCUT2D eigenvalue weighted by Gasteiger charge is -2.26. The Balaban J connectivity index is 1.46. The van der Waals surface area contributed by atoms with E-state index in [0.29, 0.717) is 0 Å². The maximum Gasteiger partial charge on any atom is 0.266 e. The van der Waals surface area contributed by atoms with Crippen molar-refractivity contribution in [3.8, 4) is 0 Å². The molecule has 3 rings (SSSR count). The fourth-order valence-corrected chi connectivity index (χ4v) is 3.64. The van der Waals surface area contributed by atoms with Crippen LogP contribution in [0.4, 0.5) is 0 Å². The molecule has 1 unspecified atom stereocenters. The summed E-state index contributed by atoms with van der Waals surface area (Å²) >= 11 is 0. The minimum Gasteiger partial charge on any atom is -0.494 e. The third-order valence-corrected chi connectivity index (χ3v) is 5.12. The van der Waals surface area contributed by atoms with Gasteiger partial charge in [0, 0.05) is 25.6 Å². The minimum absolute atomic E-state index is 0.0576. The van der Waals surface area contributed by atoms with Gasteiger partial charge in [0.2, 0.25) is 0 Å². The number of aromatic nitrogens is 2. The van der Waals surface area contributed by atoms with Gasteiger partial charge in [0.1, 0.15) is 5.76 Å². The van der Waals surface area contributed by atoms with E-state index in [-0.39, 0.29) is 11.5 Å². The molecule has 1 aromatic heterocycles. The van der Waals surface area contributed by atoms with E-state index in [9.17, 15) is 4.79 Å². The van der Waals surface area contributed by atoms with Crippen molar-refractivity contribution < 1.29 is 4.74 Å². The number of aryl methyl sites for hydroxylation is 2. The predicted octanol–water partition coefficient (Wildman–Crippen LogP) is 2.91. The van der Waals surface area contributed by atoms with Gasteiger partial charge in [0.25, 0.3) is 5.56 Å². The first-order valence-electron chi connectivity index (χ1n) is 9.42. The highest BCUT2D eigenvalue weighted by Crippen LogP contribution is 2.27. The molecule has 0 N–H and O–H groups in total. The smallest absolute Gasteiger partial charge is 0.266 e. The molecule has 0 saturated carbocycles. The van der Waals surface area contributed by atoms with Crippen LogP contribution in [0.15, 0.2) is 34.8 Å². The summed E-state index contributed by atoms with van der Waals surface area (Å²) in [6.45, 7) is 6.35. The maximum absolute atomic E-state index is 11.8. The number of likely N-dealkylation sites (tertiary alicyclic amines) is 1. The van der Waals surface area contributed by atoms with Crippen molar-refractivity contribution in [1.29, 1.82) is 0 Å². The van der Waals surface area contributed by atoms with Gasteiger partial charge in [-0.2, -0.15) is 5.10 Å². The van der Waals surface area contributed by atoms with Crippen LogP contribution in [0.5, 0.6) is 0 Å². The van der Waals surface area contributed by atoms with Crippen LogP contribution >= 0.6 is 0 Å². The summed E-state index contributed by atoms with van der Waals surface area (Å²) in [6.07, 6.45) is 12.3. The highest BCUT2D eigenvalue weighted by molar-refractivity contribution is 5.32. The molecule has 5 heteroatoms. The molecule has 25 heavy (non-hydrogen) atoms. The van der Waals surface area contributed by atoms with E-state index < -0.39 is 0 Å². The van der Waals surface area contributed by atoms with Gasteiger partial charge in [-0.3, -0.25) is 4.79 Å². The summed E-state index contributed by atoms with van der Waals surface area (Å²) in [5, 5.41) is 4.29. The molecule has 1 aliphatic carbocycles. The fourth-order valence-electron chi connectivity index (χ4n) is 3.64. The molecule has 5 nitrogen and oxygen atoms in total. The van der Waals surface area contributed by atoms with Gasteiger partial charge in [-0.05, 0) is 63.4 Å². The number of hydrogen-bond donors (Lipinski definition) is 0. The Labute approximate surface area is 150 Å². The van der Waals surface area contributed by atoms with Crippen LogP contribution in [0, 0.1) is 6.92 Å². The maximum atomic E-state index is 11.8. The van der Waals surface area contributed by atoms with Crippen molar-refractivity contribution in [3.63, 3.8) is 0 Å². The zero-order valence-electron chi connectivity index (χ0n) is 15.4. The Morgan fingerprint density at radius 2 is 2.08 bits per heavy atom. The van der Waals surface area contributed by atoms with E-state index >= 15 is 0 Å². The van der Waals surface area contributed by atoms with Crippen LogP contribution in [0.2, 0.25) is 0 Å². The summed E-state index contributed by atoms with van der Waals surface area (Å²) in [4.78, 5) is 14.4. The SMILES string of the molecule is Cc1nn(C)c(=O)cc1C1C=CC(OCCCN2CCCCC2)=CC1. The van der Waals surface area contributed by atoms with Crippen LogP contribution in [-0.4, -0.2) is 40.9 Å². The van der Waals surface area contributed by atoms with Gasteiger partial charge in [0.05, 0.1) is 12.3 Å². The second-order valence-electron chi connectivity index (χ2n) is 7.06. The van der Waals surface area contributed by atoms with Crippen molar-refractivity contribution >= 4 is 0 Å². The van der Waals surface area contributed by atoms with Crippen molar-refractivity contribution in [2.75, 3.05) is 26.2 Å². The second-order valence-corrected chi connectivity index (χ2v) is 7.06. The minimum atomic E-state index is -0.0576. The number of allylic oxidation sites excluding steroid dienone is 3. The van der Waals surface area contributed by atoms with Crippen LogP contribution in [0.1, 0.15) is 49.3 Å². The molecule has 0 radical (unpaired) electrons. The predicted molar refractivity (Wildman–Crippen MR) is 99.7 cm³/mol. The van der Waals surface area contributed by atoms with E-state index in [0.717, 1.165) is 43.0 Å². The van der Waals surface area contributed by atoms with Gasteiger partial charge >= 0.3 is 0 Å². The van der Waals surface area contributed by atoms with E-state index in [1.54, 1.807) is 13.1 Å². The topological polar surface area (TPSA) is 47.4 Å². The van der Waals surface area contributed by atoms with Crippen molar-refractivity contribution in [1.82, 2.24) is 14.7 Å². The van der Waals surface area contributed by atoms with E-state index in [1.165, 1.54) is 37.0 Å². The zero-order valence-corrected chi connectivity index (χ0v) is 15.4. The molecule has 1 fully saturated rings. The molecule has 0 aromatic carbocycles. The molecular weight excluding hydrogens is 314 g/mol. The summed E-state index contributed by atoms with van der Waals surface area (Å²) < 4.78 is 7.28. The number of rotatable bonds is 6. The summed E-state index contributed by atoms with van der Waals surface area (Å²) in [7, 11) is 1.69. The Bertz CT molecular complexity index is 699. The van der Waals surface area contributed by atoms with E-state index in [1.807, 2.05) is 13.0 Å². The van der Waals surface area contributed by atoms with E-state index in [4.69, 9.17) is 4.74 Å². The molecule has 1 atom stereocenters. The van der Waals surface area contributed by atoms with Crippen LogP contribution < -0.4 is 5.56 Å². The highest BCUT2D eigenvalue weighted by Gasteiger charge is 2.16. The molecule has 1 aliphatic heterocycles. The Morgan fingerprint density at radius 1 is 1.28 bits per heavy atom. The van der Waals surface area contributed by atoms with Gasteiger partial charge in [0.15, 0.2) is 0 Å². The van der Waals surface area contributed by atoms with Gasteiger partial charge < -0.3 is 9.64 Å². The molecule has 136 valence electrons. The monoisotopic (exact) mass is 343 g/mol. The largest absolute Gasteiger partial charge is 0.494 e. The highest BCUT2D eigenvalue weighted by atomic mass is 16.5. The standard InChI is InChI=1S/C20H29N3O2/c1-16-19(15-20(24)22(2)21-16)17-7-9-18(10-8-17)25-14-6-13-23-11-4-3-5-12-23/h7,9-10,15,17H,3-6,8,11-14H2,1-2H3. The number of piperidine rings is 1. The van der Waals surface area contributed by atoms with Crippen molar-refractivity contribution in [2.24, 2.45) is 7.05 Å². The Kier molecular flexibility index (Phi) is 6.08. The number of hydrogen-bond acceptors (Lipinski definition) is 4. The van der Waals surface area contributed by atoms with Crippen LogP contribution in [-0.2, 0) is 11.8 Å². The molecule has 1 aromatic rings.